The zero-order valence-electron chi connectivity index (χ0n) is 16.1. The van der Waals surface area contributed by atoms with Crippen LogP contribution in [0.25, 0.3) is 0 Å². The van der Waals surface area contributed by atoms with Crippen molar-refractivity contribution in [2.24, 2.45) is 10.2 Å². The number of benzene rings is 2. The minimum atomic E-state index is -0.454. The number of non-ortho nitro benzene ring substituents is 1. The van der Waals surface area contributed by atoms with E-state index in [-0.39, 0.29) is 16.8 Å². The maximum atomic E-state index is 12.2. The molecule has 1 unspecified atom stereocenters. The molecule has 1 amide bonds. The highest BCUT2D eigenvalue weighted by atomic mass is 32.2. The van der Waals surface area contributed by atoms with Crippen LogP contribution in [0.15, 0.2) is 58.7 Å². The van der Waals surface area contributed by atoms with Gasteiger partial charge in [0.2, 0.25) is 5.91 Å². The van der Waals surface area contributed by atoms with Gasteiger partial charge in [0.1, 0.15) is 0 Å². The number of hydrogen-bond acceptors (Lipinski definition) is 6. The molecule has 8 heteroatoms. The normalized spacial score (nSPS) is 17.8. The fraction of sp³-hybridized carbons (Fsp3) is 0.286. The Kier molecular flexibility index (Phi) is 7.13. The highest BCUT2D eigenvalue weighted by Gasteiger charge is 2.30. The number of carbonyl (C=O) groups is 1. The lowest BCUT2D eigenvalue weighted by molar-refractivity contribution is -0.384. The molecule has 2 aromatic carbocycles. The highest BCUT2D eigenvalue weighted by Crippen LogP contribution is 2.23. The highest BCUT2D eigenvalue weighted by molar-refractivity contribution is 8.15. The average molecular weight is 410 g/mol. The van der Waals surface area contributed by atoms with Crippen LogP contribution in [-0.4, -0.2) is 27.5 Å². The second kappa shape index (κ2) is 9.97. The van der Waals surface area contributed by atoms with Crippen LogP contribution in [0.1, 0.15) is 36.5 Å². The molecule has 0 radical (unpaired) electrons. The fourth-order valence-corrected chi connectivity index (χ4v) is 3.82. The molecule has 1 N–H and O–H groups in total. The number of nitrogens with one attached hydrogen (secondary N) is 1. The minimum absolute atomic E-state index is 0.0216. The largest absolute Gasteiger partial charge is 0.303 e. The number of thioether (sulfide) groups is 1. The zero-order chi connectivity index (χ0) is 20.6. The van der Waals surface area contributed by atoms with E-state index in [2.05, 4.69) is 46.7 Å². The van der Waals surface area contributed by atoms with Crippen molar-refractivity contribution in [3.63, 3.8) is 0 Å². The topological polar surface area (TPSA) is 97.0 Å². The van der Waals surface area contributed by atoms with E-state index in [0.29, 0.717) is 17.2 Å². The number of amidine groups is 1. The molecule has 1 fully saturated rings. The summed E-state index contributed by atoms with van der Waals surface area (Å²) in [4.78, 5) is 22.4. The van der Waals surface area contributed by atoms with Gasteiger partial charge in [-0.15, -0.1) is 5.10 Å². The van der Waals surface area contributed by atoms with Crippen LogP contribution in [0.5, 0.6) is 0 Å². The first-order valence-corrected chi connectivity index (χ1v) is 10.3. The number of rotatable bonds is 8. The first kappa shape index (κ1) is 20.7. The number of nitro benzene ring substituents is 1. The Morgan fingerprint density at radius 3 is 2.48 bits per heavy atom. The Bertz CT molecular complexity index is 924. The van der Waals surface area contributed by atoms with E-state index in [4.69, 9.17) is 0 Å². The molecule has 1 saturated heterocycles. The van der Waals surface area contributed by atoms with Crippen LogP contribution < -0.4 is 5.32 Å². The second-order valence-electron chi connectivity index (χ2n) is 6.72. The van der Waals surface area contributed by atoms with E-state index >= 15 is 0 Å². The summed E-state index contributed by atoms with van der Waals surface area (Å²) in [6.07, 6.45) is 5.57. The maximum absolute atomic E-state index is 12.2. The Morgan fingerprint density at radius 1 is 1.14 bits per heavy atom. The van der Waals surface area contributed by atoms with Crippen molar-refractivity contribution in [3.8, 4) is 0 Å². The summed E-state index contributed by atoms with van der Waals surface area (Å²) in [5, 5.41) is 21.6. The Labute approximate surface area is 173 Å². The molecule has 29 heavy (non-hydrogen) atoms. The molecule has 0 bridgehead atoms. The molecular weight excluding hydrogens is 388 g/mol. The van der Waals surface area contributed by atoms with Crippen LogP contribution in [0.3, 0.4) is 0 Å². The smallest absolute Gasteiger partial charge is 0.269 e. The van der Waals surface area contributed by atoms with Gasteiger partial charge in [0.25, 0.3) is 5.69 Å². The Hall–Kier alpha value is -3.00. The van der Waals surface area contributed by atoms with Crippen LogP contribution >= 0.6 is 11.8 Å². The standard InChI is InChI=1S/C21H22N4O3S/c1-2-3-4-15-5-7-16(8-6-15)13-19-20(26)23-21(29-19)24-22-14-17-9-11-18(12-10-17)25(27)28/h5-12,14,19H,2-4,13H2,1H3,(H,23,24,26). The van der Waals surface area contributed by atoms with Gasteiger partial charge in [0.05, 0.1) is 16.4 Å². The first-order valence-electron chi connectivity index (χ1n) is 9.46. The Morgan fingerprint density at radius 2 is 1.83 bits per heavy atom. The van der Waals surface area contributed by atoms with Gasteiger partial charge in [-0.3, -0.25) is 14.9 Å². The first-order chi connectivity index (χ1) is 14.0. The van der Waals surface area contributed by atoms with E-state index in [9.17, 15) is 14.9 Å². The fourth-order valence-electron chi connectivity index (χ4n) is 2.85. The molecule has 3 rings (SSSR count). The number of unbranched alkanes of at least 4 members (excludes halogenated alkanes) is 1. The molecule has 0 spiro atoms. The van der Waals surface area contributed by atoms with Gasteiger partial charge in [-0.25, -0.2) is 0 Å². The number of hydrogen-bond donors (Lipinski definition) is 1. The number of carbonyl (C=O) groups excluding carboxylic acids is 1. The zero-order valence-corrected chi connectivity index (χ0v) is 16.9. The van der Waals surface area contributed by atoms with E-state index in [1.165, 1.54) is 48.5 Å². The Balaban J connectivity index is 1.55. The third kappa shape index (κ3) is 5.99. The van der Waals surface area contributed by atoms with Crippen LogP contribution in [0.2, 0.25) is 0 Å². The molecule has 0 aliphatic carbocycles. The molecular formula is C21H22N4O3S. The summed E-state index contributed by atoms with van der Waals surface area (Å²) in [6.45, 7) is 2.18. The summed E-state index contributed by atoms with van der Waals surface area (Å²) in [5.74, 6) is -0.0747. The predicted octanol–water partition coefficient (Wildman–Crippen LogP) is 4.10. The van der Waals surface area contributed by atoms with Crippen molar-refractivity contribution in [1.82, 2.24) is 5.32 Å². The maximum Gasteiger partial charge on any atom is 0.269 e. The van der Waals surface area contributed by atoms with Crippen molar-refractivity contribution in [2.75, 3.05) is 0 Å². The molecule has 0 aromatic heterocycles. The molecule has 1 heterocycles. The predicted molar refractivity (Wildman–Crippen MR) is 116 cm³/mol. The monoisotopic (exact) mass is 410 g/mol. The number of nitrogens with zero attached hydrogens (tertiary/aromatic N) is 3. The van der Waals surface area contributed by atoms with Gasteiger partial charge in [0, 0.05) is 12.1 Å². The molecule has 150 valence electrons. The molecule has 1 aliphatic rings. The summed E-state index contributed by atoms with van der Waals surface area (Å²) < 4.78 is 0. The number of nitro groups is 1. The van der Waals surface area contributed by atoms with E-state index in [1.54, 1.807) is 12.1 Å². The van der Waals surface area contributed by atoms with Gasteiger partial charge in [0.15, 0.2) is 5.17 Å². The van der Waals surface area contributed by atoms with E-state index in [1.807, 2.05) is 0 Å². The quantitative estimate of drug-likeness (QED) is 0.402. The molecule has 1 aliphatic heterocycles. The average Bonchev–Trinajstić information content (AvgIpc) is 3.07. The van der Waals surface area contributed by atoms with Gasteiger partial charge < -0.3 is 5.32 Å². The van der Waals surface area contributed by atoms with Crippen molar-refractivity contribution < 1.29 is 9.72 Å². The third-order valence-electron chi connectivity index (χ3n) is 4.50. The summed E-state index contributed by atoms with van der Waals surface area (Å²) in [5.41, 5.74) is 3.15. The van der Waals surface area contributed by atoms with Gasteiger partial charge in [-0.1, -0.05) is 49.4 Å². The van der Waals surface area contributed by atoms with Crippen molar-refractivity contribution in [2.45, 2.75) is 37.9 Å². The number of amides is 1. The van der Waals surface area contributed by atoms with Crippen molar-refractivity contribution in [3.05, 3.63) is 75.3 Å². The summed E-state index contributed by atoms with van der Waals surface area (Å²) in [6, 6.07) is 14.4. The van der Waals surface area contributed by atoms with Crippen LogP contribution in [0, 0.1) is 10.1 Å². The molecule has 1 atom stereocenters. The summed E-state index contributed by atoms with van der Waals surface area (Å²) >= 11 is 1.36. The van der Waals surface area contributed by atoms with Crippen molar-refractivity contribution in [1.29, 1.82) is 0 Å². The number of aryl methyl sites for hydroxylation is 1. The van der Waals surface area contributed by atoms with Gasteiger partial charge >= 0.3 is 0 Å². The lowest BCUT2D eigenvalue weighted by atomic mass is 10.0. The SMILES string of the molecule is CCCCc1ccc(CC2S/C(=N/N=Cc3ccc([N+](=O)[O-])cc3)NC2=O)cc1. The second-order valence-corrected chi connectivity index (χ2v) is 7.91. The molecule has 0 saturated carbocycles. The van der Waals surface area contributed by atoms with Gasteiger partial charge in [-0.05, 0) is 48.1 Å². The lowest BCUT2D eigenvalue weighted by Crippen LogP contribution is -2.25. The minimum Gasteiger partial charge on any atom is -0.303 e. The van der Waals surface area contributed by atoms with Crippen LogP contribution in [0.4, 0.5) is 5.69 Å². The third-order valence-corrected chi connectivity index (χ3v) is 5.57. The van der Waals surface area contributed by atoms with E-state index < -0.39 is 4.92 Å². The molecule has 2 aromatic rings. The summed E-state index contributed by atoms with van der Waals surface area (Å²) in [7, 11) is 0. The lowest BCUT2D eigenvalue weighted by Gasteiger charge is -2.06. The van der Waals surface area contributed by atoms with Crippen LogP contribution in [-0.2, 0) is 17.6 Å². The van der Waals surface area contributed by atoms with E-state index in [0.717, 1.165) is 12.0 Å². The van der Waals surface area contributed by atoms with Crippen molar-refractivity contribution >= 4 is 34.7 Å². The molecule has 7 nitrogen and oxygen atoms in total. The van der Waals surface area contributed by atoms with Gasteiger partial charge in [-0.2, -0.15) is 5.10 Å².